The molecule has 1 heterocycles. The topological polar surface area (TPSA) is 59.1 Å². The van der Waals surface area contributed by atoms with Crippen molar-refractivity contribution in [1.29, 1.82) is 0 Å². The van der Waals surface area contributed by atoms with Gasteiger partial charge in [0.1, 0.15) is 12.2 Å². The minimum atomic E-state index is -0.498. The van der Waals surface area contributed by atoms with Gasteiger partial charge in [-0.25, -0.2) is 0 Å². The molecule has 0 aliphatic carbocycles. The number of rotatable bonds is 7. The number of carbonyl (C=O) groups is 2. The number of amides is 2. The molecule has 4 aromatic carbocycles. The van der Waals surface area contributed by atoms with E-state index in [1.54, 1.807) is 19.3 Å². The van der Waals surface area contributed by atoms with Crippen LogP contribution in [0.3, 0.4) is 0 Å². The second-order valence-corrected chi connectivity index (χ2v) is 12.2. The van der Waals surface area contributed by atoms with E-state index in [0.29, 0.717) is 35.0 Å². The Labute approximate surface area is 272 Å². The maximum Gasteiger partial charge on any atom is 0.270 e. The molecule has 2 amide bonds. The van der Waals surface area contributed by atoms with Crippen LogP contribution in [0.2, 0.25) is 0 Å². The molecule has 42 heavy (non-hydrogen) atoms. The standard InChI is InChI=1S/C33H26BrIN2O4S/c1-20-4-12-25(13-5-20)36-31(38)27(32(39)37(33(36)42)26-14-6-21(2)7-15-26)16-23-17-28(35)30(29(18-23)40-3)41-19-22-8-10-24(34)11-9-22/h4-18H,19H2,1-3H3. The molecule has 6 nitrogen and oxygen atoms in total. The van der Waals surface area contributed by atoms with Gasteiger partial charge in [0.25, 0.3) is 11.8 Å². The van der Waals surface area contributed by atoms with Crippen LogP contribution in [0.4, 0.5) is 11.4 Å². The van der Waals surface area contributed by atoms with Gasteiger partial charge < -0.3 is 9.47 Å². The van der Waals surface area contributed by atoms with Crippen LogP contribution in [0.5, 0.6) is 11.5 Å². The number of methoxy groups -OCH3 is 1. The van der Waals surface area contributed by atoms with Gasteiger partial charge in [0.05, 0.1) is 22.1 Å². The highest BCUT2D eigenvalue weighted by molar-refractivity contribution is 14.1. The van der Waals surface area contributed by atoms with Crippen LogP contribution in [-0.2, 0) is 16.2 Å². The van der Waals surface area contributed by atoms with Gasteiger partial charge >= 0.3 is 0 Å². The highest BCUT2D eigenvalue weighted by Crippen LogP contribution is 2.36. The zero-order valence-electron chi connectivity index (χ0n) is 23.1. The Morgan fingerprint density at radius 3 is 1.86 bits per heavy atom. The summed E-state index contributed by atoms with van der Waals surface area (Å²) in [6.45, 7) is 4.29. The molecule has 0 aromatic heterocycles. The molecule has 5 rings (SSSR count). The quantitative estimate of drug-likeness (QED) is 0.0829. The molecule has 212 valence electrons. The van der Waals surface area contributed by atoms with E-state index in [2.05, 4.69) is 38.5 Å². The number of benzene rings is 4. The Morgan fingerprint density at radius 2 is 1.36 bits per heavy atom. The summed E-state index contributed by atoms with van der Waals surface area (Å²) in [5, 5.41) is 0.0960. The maximum absolute atomic E-state index is 13.9. The number of hydrogen-bond donors (Lipinski definition) is 0. The fraction of sp³-hybridized carbons (Fsp3) is 0.121. The van der Waals surface area contributed by atoms with Crippen LogP contribution in [0.25, 0.3) is 6.08 Å². The van der Waals surface area contributed by atoms with Crippen molar-refractivity contribution in [3.63, 3.8) is 0 Å². The number of hydrogen-bond acceptors (Lipinski definition) is 5. The first-order valence-corrected chi connectivity index (χ1v) is 15.3. The van der Waals surface area contributed by atoms with Crippen molar-refractivity contribution < 1.29 is 19.1 Å². The van der Waals surface area contributed by atoms with Crippen molar-refractivity contribution in [2.45, 2.75) is 20.5 Å². The van der Waals surface area contributed by atoms with Gasteiger partial charge in [0.2, 0.25) is 0 Å². The minimum absolute atomic E-state index is 0.0221. The highest BCUT2D eigenvalue weighted by atomic mass is 127. The monoisotopic (exact) mass is 752 g/mol. The van der Waals surface area contributed by atoms with Crippen LogP contribution in [0.1, 0.15) is 22.3 Å². The summed E-state index contributed by atoms with van der Waals surface area (Å²) in [5.74, 6) is 0.0691. The minimum Gasteiger partial charge on any atom is -0.493 e. The molecule has 9 heteroatoms. The van der Waals surface area contributed by atoms with E-state index in [4.69, 9.17) is 21.7 Å². The number of ether oxygens (including phenoxy) is 2. The van der Waals surface area contributed by atoms with E-state index in [1.165, 1.54) is 9.80 Å². The molecule has 1 aliphatic rings. The normalized spacial score (nSPS) is 13.5. The Bertz CT molecular complexity index is 1630. The lowest BCUT2D eigenvalue weighted by Gasteiger charge is -2.36. The molecule has 0 saturated carbocycles. The van der Waals surface area contributed by atoms with Gasteiger partial charge in [-0.1, -0.05) is 63.5 Å². The Morgan fingerprint density at radius 1 is 0.833 bits per heavy atom. The third-order valence-electron chi connectivity index (χ3n) is 6.69. The van der Waals surface area contributed by atoms with E-state index in [1.807, 2.05) is 92.7 Å². The van der Waals surface area contributed by atoms with E-state index < -0.39 is 11.8 Å². The first kappa shape index (κ1) is 29.9. The number of aryl methyl sites for hydroxylation is 2. The van der Waals surface area contributed by atoms with Crippen molar-refractivity contribution in [1.82, 2.24) is 0 Å². The molecule has 0 unspecified atom stereocenters. The van der Waals surface area contributed by atoms with Crippen LogP contribution in [0.15, 0.2) is 95.0 Å². The van der Waals surface area contributed by atoms with Gasteiger partial charge in [-0.05, 0) is 114 Å². The average Bonchev–Trinajstić information content (AvgIpc) is 2.97. The van der Waals surface area contributed by atoms with Gasteiger partial charge in [0, 0.05) is 4.47 Å². The van der Waals surface area contributed by atoms with Gasteiger partial charge in [-0.3, -0.25) is 19.4 Å². The zero-order valence-corrected chi connectivity index (χ0v) is 27.6. The first-order chi connectivity index (χ1) is 20.2. The van der Waals surface area contributed by atoms with Crippen LogP contribution < -0.4 is 19.3 Å². The lowest BCUT2D eigenvalue weighted by Crippen LogP contribution is -2.56. The zero-order chi connectivity index (χ0) is 30.0. The molecule has 0 N–H and O–H groups in total. The van der Waals surface area contributed by atoms with Gasteiger partial charge in [0.15, 0.2) is 16.6 Å². The Hall–Kier alpha value is -3.54. The first-order valence-electron chi connectivity index (χ1n) is 13.0. The van der Waals surface area contributed by atoms with Crippen molar-refractivity contribution in [3.8, 4) is 11.5 Å². The largest absolute Gasteiger partial charge is 0.493 e. The number of thiocarbonyl (C=S) groups is 1. The average molecular weight is 753 g/mol. The van der Waals surface area contributed by atoms with Crippen molar-refractivity contribution >= 4 is 85.1 Å². The van der Waals surface area contributed by atoms with Crippen LogP contribution >= 0.6 is 50.7 Å². The second-order valence-electron chi connectivity index (χ2n) is 9.74. The molecular weight excluding hydrogens is 727 g/mol. The molecule has 1 saturated heterocycles. The number of carbonyl (C=O) groups excluding carboxylic acids is 2. The van der Waals surface area contributed by atoms with Crippen LogP contribution in [0, 0.1) is 17.4 Å². The third kappa shape index (κ3) is 6.28. The maximum atomic E-state index is 13.9. The molecule has 0 spiro atoms. The van der Waals surface area contributed by atoms with E-state index in [-0.39, 0.29) is 10.7 Å². The van der Waals surface area contributed by atoms with Crippen LogP contribution in [-0.4, -0.2) is 24.0 Å². The predicted molar refractivity (Wildman–Crippen MR) is 182 cm³/mol. The van der Waals surface area contributed by atoms with Crippen molar-refractivity contribution in [3.05, 3.63) is 121 Å². The fourth-order valence-corrected chi connectivity index (χ4v) is 5.86. The van der Waals surface area contributed by atoms with E-state index in [9.17, 15) is 9.59 Å². The summed E-state index contributed by atoms with van der Waals surface area (Å²) in [6.07, 6.45) is 1.58. The fourth-order valence-electron chi connectivity index (χ4n) is 4.44. The molecule has 4 aromatic rings. The van der Waals surface area contributed by atoms with Gasteiger partial charge in [-0.2, -0.15) is 0 Å². The summed E-state index contributed by atoms with van der Waals surface area (Å²) in [7, 11) is 1.56. The highest BCUT2D eigenvalue weighted by Gasteiger charge is 2.41. The van der Waals surface area contributed by atoms with E-state index in [0.717, 1.165) is 24.7 Å². The molecule has 0 bridgehead atoms. The van der Waals surface area contributed by atoms with Gasteiger partial charge in [-0.15, -0.1) is 0 Å². The SMILES string of the molecule is COc1cc(C=C2C(=O)N(c3ccc(C)cc3)C(=S)N(c3ccc(C)cc3)C2=O)cc(I)c1OCc1ccc(Br)cc1. The summed E-state index contributed by atoms with van der Waals surface area (Å²) in [5.41, 5.74) is 4.84. The number of halogens is 2. The lowest BCUT2D eigenvalue weighted by atomic mass is 10.0. The number of nitrogens with zero attached hydrogens (tertiary/aromatic N) is 2. The lowest BCUT2D eigenvalue weighted by molar-refractivity contribution is -0.120. The Balaban J connectivity index is 1.54. The molecular formula is C33H26BrIN2O4S. The smallest absolute Gasteiger partial charge is 0.270 e. The second kappa shape index (κ2) is 12.8. The Kier molecular flexibility index (Phi) is 9.10. The number of anilines is 2. The predicted octanol–water partition coefficient (Wildman–Crippen LogP) is 8.01. The van der Waals surface area contributed by atoms with Crippen molar-refractivity contribution in [2.24, 2.45) is 0 Å². The molecule has 1 fully saturated rings. The molecule has 0 radical (unpaired) electrons. The summed E-state index contributed by atoms with van der Waals surface area (Å²) >= 11 is 11.4. The van der Waals surface area contributed by atoms with Crippen molar-refractivity contribution in [2.75, 3.05) is 16.9 Å². The molecule has 0 atom stereocenters. The summed E-state index contributed by atoms with van der Waals surface area (Å²) in [6, 6.07) is 26.4. The van der Waals surface area contributed by atoms with E-state index >= 15 is 0 Å². The summed E-state index contributed by atoms with van der Waals surface area (Å²) in [4.78, 5) is 30.6. The third-order valence-corrected chi connectivity index (χ3v) is 8.39. The molecule has 1 aliphatic heterocycles. The summed E-state index contributed by atoms with van der Waals surface area (Å²) < 4.78 is 13.5.